The number of aromatic amines is 1. The molecule has 0 atom stereocenters. The van der Waals surface area contributed by atoms with Crippen LogP contribution in [0.5, 0.6) is 0 Å². The smallest absolute Gasteiger partial charge is 0.413 e. The maximum Gasteiger partial charge on any atom is 0.413 e. The second-order valence-electron chi connectivity index (χ2n) is 6.00. The zero-order valence-corrected chi connectivity index (χ0v) is 20.2. The molecule has 15 heteroatoms. The molecule has 0 saturated heterocycles. The van der Waals surface area contributed by atoms with E-state index in [4.69, 9.17) is 11.5 Å². The molecule has 0 aliphatic rings. The van der Waals surface area contributed by atoms with Gasteiger partial charge in [-0.15, -0.1) is 0 Å². The van der Waals surface area contributed by atoms with Gasteiger partial charge in [-0.1, -0.05) is 29.1 Å². The van der Waals surface area contributed by atoms with Gasteiger partial charge in [-0.05, 0) is 30.5 Å². The number of imidazole rings is 1. The Kier molecular flexibility index (Phi) is 12.5. The SMILES string of the molecule is COC(=O)NC(=NOC(C)=O)SC.COC(=O)Nc1nc2ccccc2[nH]1.Nc1cccnc1N. The summed E-state index contributed by atoms with van der Waals surface area (Å²) in [5.74, 6) is 0.226. The molecule has 14 nitrogen and oxygen atoms in total. The minimum atomic E-state index is -0.666. The summed E-state index contributed by atoms with van der Waals surface area (Å²) in [6.45, 7) is 1.21. The fourth-order valence-corrected chi connectivity index (χ4v) is 2.24. The predicted molar refractivity (Wildman–Crippen MR) is 133 cm³/mol. The van der Waals surface area contributed by atoms with Crippen LogP contribution in [0.1, 0.15) is 6.92 Å². The number of thioether (sulfide) groups is 1. The topological polar surface area (TPSA) is 209 Å². The zero-order chi connectivity index (χ0) is 26.2. The third kappa shape index (κ3) is 11.2. The van der Waals surface area contributed by atoms with Crippen molar-refractivity contribution in [2.45, 2.75) is 6.92 Å². The molecule has 0 bridgehead atoms. The number of amidine groups is 1. The molecule has 2 aromatic heterocycles. The van der Waals surface area contributed by atoms with E-state index in [0.717, 1.165) is 22.8 Å². The molecule has 2 heterocycles. The molecule has 0 fully saturated rings. The van der Waals surface area contributed by atoms with E-state index < -0.39 is 18.2 Å². The zero-order valence-electron chi connectivity index (χ0n) is 19.4. The number of methoxy groups -OCH3 is 2. The van der Waals surface area contributed by atoms with E-state index >= 15 is 0 Å². The molecule has 188 valence electrons. The largest absolute Gasteiger partial charge is 0.453 e. The van der Waals surface area contributed by atoms with Crippen molar-refractivity contribution in [2.75, 3.05) is 37.3 Å². The van der Waals surface area contributed by atoms with Gasteiger partial charge < -0.3 is 30.8 Å². The van der Waals surface area contributed by atoms with Crippen LogP contribution in [0.3, 0.4) is 0 Å². The summed E-state index contributed by atoms with van der Waals surface area (Å²) < 4.78 is 8.74. The predicted octanol–water partition coefficient (Wildman–Crippen LogP) is 2.53. The van der Waals surface area contributed by atoms with Crippen LogP contribution < -0.4 is 22.1 Å². The Morgan fingerprint density at radius 2 is 1.74 bits per heavy atom. The number of nitrogens with zero attached hydrogens (tertiary/aromatic N) is 3. The van der Waals surface area contributed by atoms with Crippen molar-refractivity contribution in [3.63, 3.8) is 0 Å². The number of ether oxygens (including phenoxy) is 2. The second-order valence-corrected chi connectivity index (χ2v) is 6.79. The number of nitrogens with two attached hydrogens (primary N) is 2. The lowest BCUT2D eigenvalue weighted by Crippen LogP contribution is -2.28. The fourth-order valence-electron chi connectivity index (χ4n) is 1.94. The Hall–Kier alpha value is -4.53. The van der Waals surface area contributed by atoms with Crippen molar-refractivity contribution in [3.05, 3.63) is 42.6 Å². The lowest BCUT2D eigenvalue weighted by molar-refractivity contribution is -0.140. The number of hydrogen-bond acceptors (Lipinski definition) is 12. The Morgan fingerprint density at radius 1 is 1.06 bits per heavy atom. The molecular formula is C20H26N8O6S. The lowest BCUT2D eigenvalue weighted by Gasteiger charge is -2.02. The minimum absolute atomic E-state index is 0.155. The number of rotatable bonds is 2. The molecule has 0 aliphatic heterocycles. The summed E-state index contributed by atoms with van der Waals surface area (Å²) in [6.07, 6.45) is 2.06. The van der Waals surface area contributed by atoms with E-state index in [1.54, 1.807) is 24.6 Å². The minimum Gasteiger partial charge on any atom is -0.453 e. The average Bonchev–Trinajstić information content (AvgIpc) is 3.26. The summed E-state index contributed by atoms with van der Waals surface area (Å²) in [5.41, 5.74) is 12.8. The van der Waals surface area contributed by atoms with Gasteiger partial charge in [0, 0.05) is 13.1 Å². The lowest BCUT2D eigenvalue weighted by atomic mass is 10.3. The van der Waals surface area contributed by atoms with Crippen molar-refractivity contribution in [3.8, 4) is 0 Å². The monoisotopic (exact) mass is 506 g/mol. The van der Waals surface area contributed by atoms with Gasteiger partial charge in [0.2, 0.25) is 11.1 Å². The molecule has 0 radical (unpaired) electrons. The Morgan fingerprint density at radius 3 is 2.26 bits per heavy atom. The Bertz CT molecular complexity index is 1100. The number of benzene rings is 1. The highest BCUT2D eigenvalue weighted by Crippen LogP contribution is 2.13. The van der Waals surface area contributed by atoms with Crippen LogP contribution in [0, 0.1) is 0 Å². The first-order chi connectivity index (χ1) is 16.7. The van der Waals surface area contributed by atoms with Gasteiger partial charge in [0.15, 0.2) is 0 Å². The van der Waals surface area contributed by atoms with Crippen molar-refractivity contribution >= 4 is 63.6 Å². The van der Waals surface area contributed by atoms with Crippen LogP contribution in [0.25, 0.3) is 11.0 Å². The number of aromatic nitrogens is 3. The molecule has 1 aromatic carbocycles. The summed E-state index contributed by atoms with van der Waals surface area (Å²) in [4.78, 5) is 47.0. The van der Waals surface area contributed by atoms with E-state index in [0.29, 0.717) is 17.5 Å². The molecule has 0 saturated carbocycles. The summed E-state index contributed by atoms with van der Waals surface area (Å²) in [7, 11) is 2.52. The number of carbonyl (C=O) groups excluding carboxylic acids is 3. The number of amides is 2. The third-order valence-electron chi connectivity index (χ3n) is 3.51. The first-order valence-corrected chi connectivity index (χ1v) is 10.8. The number of H-pyrrole nitrogens is 1. The summed E-state index contributed by atoms with van der Waals surface area (Å²) in [5, 5.41) is 8.20. The number of hydrogen-bond donors (Lipinski definition) is 5. The van der Waals surface area contributed by atoms with Gasteiger partial charge in [0.05, 0.1) is 30.9 Å². The number of fused-ring (bicyclic) bond motifs is 1. The first-order valence-electron chi connectivity index (χ1n) is 9.60. The van der Waals surface area contributed by atoms with Crippen LogP contribution in [0.15, 0.2) is 47.8 Å². The van der Waals surface area contributed by atoms with Crippen LogP contribution in [-0.4, -0.2) is 58.8 Å². The number of oxime groups is 1. The molecule has 35 heavy (non-hydrogen) atoms. The van der Waals surface area contributed by atoms with Gasteiger partial charge in [-0.25, -0.2) is 24.4 Å². The molecular weight excluding hydrogens is 480 g/mol. The standard InChI is InChI=1S/C9H9N3O2.C6H10N2O4S.C5H7N3/c1-14-9(13)12-8-10-6-4-2-3-5-7(6)11-8;1-4(9)12-8-5(13-3)7-6(10)11-2;6-4-2-1-3-8-5(4)7/h2-5H,1H3,(H2,10,11,12,13);1-3H3,(H,7,8,10);1-3H,6H2,(H2,7,8). The Labute approximate surface area is 204 Å². The molecule has 0 aliphatic carbocycles. The highest BCUT2D eigenvalue weighted by atomic mass is 32.2. The second kappa shape index (κ2) is 15.3. The van der Waals surface area contributed by atoms with Gasteiger partial charge in [0.1, 0.15) is 5.82 Å². The fraction of sp³-hybridized carbons (Fsp3) is 0.200. The highest BCUT2D eigenvalue weighted by molar-refractivity contribution is 8.13. The van der Waals surface area contributed by atoms with Crippen molar-refractivity contribution in [1.29, 1.82) is 0 Å². The normalized spacial score (nSPS) is 10.0. The quantitative estimate of drug-likeness (QED) is 0.147. The van der Waals surface area contributed by atoms with Crippen LogP contribution in [0.4, 0.5) is 27.0 Å². The van der Waals surface area contributed by atoms with E-state index in [1.165, 1.54) is 21.1 Å². The molecule has 3 rings (SSSR count). The summed E-state index contributed by atoms with van der Waals surface area (Å²) in [6, 6.07) is 11.0. The van der Waals surface area contributed by atoms with Gasteiger partial charge in [0.25, 0.3) is 0 Å². The highest BCUT2D eigenvalue weighted by Gasteiger charge is 2.06. The molecule has 2 amide bonds. The molecule has 0 unspecified atom stereocenters. The summed E-state index contributed by atoms with van der Waals surface area (Å²) >= 11 is 1.12. The maximum absolute atomic E-state index is 10.9. The number of carbonyl (C=O) groups is 3. The van der Waals surface area contributed by atoms with Gasteiger partial charge >= 0.3 is 18.2 Å². The first kappa shape index (κ1) is 28.5. The number of pyridine rings is 1. The van der Waals surface area contributed by atoms with Gasteiger partial charge in [-0.3, -0.25) is 10.6 Å². The van der Waals surface area contributed by atoms with E-state index in [9.17, 15) is 14.4 Å². The van der Waals surface area contributed by atoms with Crippen LogP contribution in [-0.2, 0) is 19.1 Å². The average molecular weight is 507 g/mol. The Balaban J connectivity index is 0.000000272. The van der Waals surface area contributed by atoms with Crippen molar-refractivity contribution in [1.82, 2.24) is 20.3 Å². The van der Waals surface area contributed by atoms with Crippen LogP contribution >= 0.6 is 11.8 Å². The maximum atomic E-state index is 10.9. The van der Waals surface area contributed by atoms with Crippen LogP contribution in [0.2, 0.25) is 0 Å². The number of nitrogen functional groups attached to an aromatic ring is 2. The van der Waals surface area contributed by atoms with Crippen molar-refractivity contribution in [2.24, 2.45) is 5.16 Å². The van der Waals surface area contributed by atoms with Gasteiger partial charge in [-0.2, -0.15) is 0 Å². The number of alkyl carbamates (subject to hydrolysis) is 1. The number of anilines is 3. The third-order valence-corrected chi connectivity index (χ3v) is 4.07. The van der Waals surface area contributed by atoms with Crippen molar-refractivity contribution < 1.29 is 28.7 Å². The van der Waals surface area contributed by atoms with E-state index in [1.807, 2.05) is 24.3 Å². The molecule has 7 N–H and O–H groups in total. The number of nitrogens with one attached hydrogen (secondary N) is 3. The number of para-hydroxylation sites is 2. The van der Waals surface area contributed by atoms with E-state index in [-0.39, 0.29) is 5.17 Å². The molecule has 0 spiro atoms. The molecule has 3 aromatic rings. The van der Waals surface area contributed by atoms with E-state index in [2.05, 4.69) is 45.1 Å².